The molecule has 0 aliphatic carbocycles. The molecule has 21 heavy (non-hydrogen) atoms. The lowest BCUT2D eigenvalue weighted by molar-refractivity contribution is -0.113. The molecule has 3 rings (SSSR count). The predicted octanol–water partition coefficient (Wildman–Crippen LogP) is 1.34. The highest BCUT2D eigenvalue weighted by molar-refractivity contribution is 6.21. The van der Waals surface area contributed by atoms with E-state index in [0.717, 1.165) is 32.1 Å². The molecule has 5 heteroatoms. The Bertz CT molecular complexity index is 550. The second kappa shape index (κ2) is 5.77. The van der Waals surface area contributed by atoms with E-state index in [9.17, 15) is 14.4 Å². The highest BCUT2D eigenvalue weighted by Gasteiger charge is 2.35. The van der Waals surface area contributed by atoms with Crippen LogP contribution >= 0.6 is 0 Å². The summed E-state index contributed by atoms with van der Waals surface area (Å²) in [6.45, 7) is 1.76. The van der Waals surface area contributed by atoms with Crippen LogP contribution in [0, 0.1) is 0 Å². The van der Waals surface area contributed by atoms with Crippen LogP contribution in [0.5, 0.6) is 0 Å². The van der Waals surface area contributed by atoms with Crippen molar-refractivity contribution in [2.45, 2.75) is 25.3 Å². The molecule has 1 aromatic carbocycles. The largest absolute Gasteiger partial charge is 0.302 e. The standard InChI is InChI=1S/C16H18N2O3/c19-11-12-5-3-4-8-17(12)9-10-18-15(20)13-6-1-2-7-14(13)16(18)21/h1-2,6-7,11-12H,3-5,8-10H2. The zero-order chi connectivity index (χ0) is 14.8. The molecule has 1 aromatic rings. The lowest BCUT2D eigenvalue weighted by Crippen LogP contribution is -2.45. The lowest BCUT2D eigenvalue weighted by Gasteiger charge is -2.33. The van der Waals surface area contributed by atoms with Gasteiger partial charge in [0.1, 0.15) is 6.29 Å². The molecule has 1 fully saturated rings. The molecule has 1 atom stereocenters. The number of hydrogen-bond donors (Lipinski definition) is 0. The van der Waals surface area contributed by atoms with Crippen molar-refractivity contribution in [3.63, 3.8) is 0 Å². The van der Waals surface area contributed by atoms with Gasteiger partial charge in [-0.25, -0.2) is 0 Å². The number of amides is 2. The molecular formula is C16H18N2O3. The lowest BCUT2D eigenvalue weighted by atomic mass is 10.0. The monoisotopic (exact) mass is 286 g/mol. The van der Waals surface area contributed by atoms with E-state index in [2.05, 4.69) is 4.90 Å². The van der Waals surface area contributed by atoms with E-state index in [4.69, 9.17) is 0 Å². The Morgan fingerprint density at radius 2 is 1.71 bits per heavy atom. The average molecular weight is 286 g/mol. The zero-order valence-electron chi connectivity index (χ0n) is 11.8. The Hall–Kier alpha value is -2.01. The Balaban J connectivity index is 1.68. The first-order valence-corrected chi connectivity index (χ1v) is 7.37. The molecule has 0 aromatic heterocycles. The van der Waals surface area contributed by atoms with E-state index < -0.39 is 0 Å². The summed E-state index contributed by atoms with van der Waals surface area (Å²) in [5, 5.41) is 0. The molecular weight excluding hydrogens is 268 g/mol. The number of carbonyl (C=O) groups excluding carboxylic acids is 3. The predicted molar refractivity (Wildman–Crippen MR) is 77.1 cm³/mol. The second-order valence-corrected chi connectivity index (χ2v) is 5.54. The normalized spacial score (nSPS) is 22.5. The van der Waals surface area contributed by atoms with Gasteiger partial charge in [0, 0.05) is 13.1 Å². The third kappa shape index (κ3) is 2.49. The molecule has 0 bridgehead atoms. The van der Waals surface area contributed by atoms with Crippen molar-refractivity contribution in [3.8, 4) is 0 Å². The Morgan fingerprint density at radius 3 is 2.33 bits per heavy atom. The fourth-order valence-electron chi connectivity index (χ4n) is 3.12. The van der Waals surface area contributed by atoms with E-state index in [1.165, 1.54) is 4.90 Å². The van der Waals surface area contributed by atoms with Crippen LogP contribution < -0.4 is 0 Å². The number of carbonyl (C=O) groups is 3. The maximum atomic E-state index is 12.2. The number of fused-ring (bicyclic) bond motifs is 1. The molecule has 2 aliphatic rings. The first-order valence-electron chi connectivity index (χ1n) is 7.37. The van der Waals surface area contributed by atoms with E-state index in [1.54, 1.807) is 24.3 Å². The summed E-state index contributed by atoms with van der Waals surface area (Å²) in [6.07, 6.45) is 3.96. The van der Waals surface area contributed by atoms with Crippen LogP contribution in [-0.4, -0.2) is 53.6 Å². The smallest absolute Gasteiger partial charge is 0.261 e. The van der Waals surface area contributed by atoms with Crippen molar-refractivity contribution in [2.24, 2.45) is 0 Å². The zero-order valence-corrected chi connectivity index (χ0v) is 11.8. The van der Waals surface area contributed by atoms with Gasteiger partial charge in [0.05, 0.1) is 17.2 Å². The number of likely N-dealkylation sites (tertiary alicyclic amines) is 1. The fourth-order valence-corrected chi connectivity index (χ4v) is 3.12. The summed E-state index contributed by atoms with van der Waals surface area (Å²) in [6, 6.07) is 6.82. The highest BCUT2D eigenvalue weighted by atomic mass is 16.2. The minimum Gasteiger partial charge on any atom is -0.302 e. The van der Waals surface area contributed by atoms with Crippen molar-refractivity contribution in [2.75, 3.05) is 19.6 Å². The Morgan fingerprint density at radius 1 is 1.05 bits per heavy atom. The topological polar surface area (TPSA) is 57.7 Å². The second-order valence-electron chi connectivity index (χ2n) is 5.54. The minimum absolute atomic E-state index is 0.0751. The summed E-state index contributed by atoms with van der Waals surface area (Å²) in [5.41, 5.74) is 0.959. The molecule has 0 N–H and O–H groups in total. The van der Waals surface area contributed by atoms with E-state index >= 15 is 0 Å². The Kier molecular flexibility index (Phi) is 3.84. The van der Waals surface area contributed by atoms with Crippen LogP contribution in [-0.2, 0) is 4.79 Å². The van der Waals surface area contributed by atoms with Crippen LogP contribution in [0.3, 0.4) is 0 Å². The summed E-state index contributed by atoms with van der Waals surface area (Å²) in [4.78, 5) is 38.9. The maximum absolute atomic E-state index is 12.2. The van der Waals surface area contributed by atoms with Gasteiger partial charge in [-0.15, -0.1) is 0 Å². The van der Waals surface area contributed by atoms with Crippen molar-refractivity contribution in [1.29, 1.82) is 0 Å². The van der Waals surface area contributed by atoms with Crippen molar-refractivity contribution in [3.05, 3.63) is 35.4 Å². The van der Waals surface area contributed by atoms with Crippen molar-refractivity contribution in [1.82, 2.24) is 9.80 Å². The number of imide groups is 1. The third-order valence-corrected chi connectivity index (χ3v) is 4.31. The number of piperidine rings is 1. The van der Waals surface area contributed by atoms with Gasteiger partial charge in [-0.2, -0.15) is 0 Å². The van der Waals surface area contributed by atoms with Crippen LogP contribution in [0.25, 0.3) is 0 Å². The van der Waals surface area contributed by atoms with Gasteiger partial charge in [-0.05, 0) is 31.5 Å². The Labute approximate surface area is 123 Å². The fraction of sp³-hybridized carbons (Fsp3) is 0.438. The number of rotatable bonds is 4. The third-order valence-electron chi connectivity index (χ3n) is 4.31. The molecule has 110 valence electrons. The van der Waals surface area contributed by atoms with Gasteiger partial charge in [0.2, 0.25) is 0 Å². The first kappa shape index (κ1) is 13.9. The molecule has 1 saturated heterocycles. The summed E-state index contributed by atoms with van der Waals surface area (Å²) in [7, 11) is 0. The number of aldehydes is 1. The summed E-state index contributed by atoms with van der Waals surface area (Å²) in [5.74, 6) is -0.453. The van der Waals surface area contributed by atoms with Crippen molar-refractivity contribution >= 4 is 18.1 Å². The molecule has 0 saturated carbocycles. The minimum atomic E-state index is -0.227. The van der Waals surface area contributed by atoms with Gasteiger partial charge >= 0.3 is 0 Å². The van der Waals surface area contributed by atoms with Gasteiger partial charge in [-0.1, -0.05) is 18.6 Å². The van der Waals surface area contributed by atoms with Crippen LogP contribution in [0.2, 0.25) is 0 Å². The van der Waals surface area contributed by atoms with Crippen molar-refractivity contribution < 1.29 is 14.4 Å². The van der Waals surface area contributed by atoms with Crippen LogP contribution in [0.15, 0.2) is 24.3 Å². The van der Waals surface area contributed by atoms with Gasteiger partial charge < -0.3 is 4.79 Å². The molecule has 0 spiro atoms. The molecule has 2 amide bonds. The quantitative estimate of drug-likeness (QED) is 0.619. The first-order chi connectivity index (χ1) is 10.2. The van der Waals surface area contributed by atoms with E-state index in [-0.39, 0.29) is 17.9 Å². The maximum Gasteiger partial charge on any atom is 0.261 e. The molecule has 1 unspecified atom stereocenters. The molecule has 0 radical (unpaired) electrons. The van der Waals surface area contributed by atoms with Crippen LogP contribution in [0.1, 0.15) is 40.0 Å². The number of nitrogens with zero attached hydrogens (tertiary/aromatic N) is 2. The molecule has 5 nitrogen and oxygen atoms in total. The van der Waals surface area contributed by atoms with Gasteiger partial charge in [-0.3, -0.25) is 19.4 Å². The molecule has 2 heterocycles. The highest BCUT2D eigenvalue weighted by Crippen LogP contribution is 2.23. The summed E-state index contributed by atoms with van der Waals surface area (Å²) >= 11 is 0. The molecule has 2 aliphatic heterocycles. The van der Waals surface area contributed by atoms with Gasteiger partial charge in [0.25, 0.3) is 11.8 Å². The van der Waals surface area contributed by atoms with Gasteiger partial charge in [0.15, 0.2) is 0 Å². The van der Waals surface area contributed by atoms with E-state index in [1.807, 2.05) is 0 Å². The van der Waals surface area contributed by atoms with E-state index in [0.29, 0.717) is 24.2 Å². The SMILES string of the molecule is O=CC1CCCCN1CCN1C(=O)c2ccccc2C1=O. The van der Waals surface area contributed by atoms with Crippen LogP contribution in [0.4, 0.5) is 0 Å². The average Bonchev–Trinajstić information content (AvgIpc) is 2.78. The summed E-state index contributed by atoms with van der Waals surface area (Å²) < 4.78 is 0. The number of hydrogen-bond acceptors (Lipinski definition) is 4. The number of benzene rings is 1.